The molecule has 0 saturated heterocycles. The third-order valence-electron chi connectivity index (χ3n) is 7.85. The van der Waals surface area contributed by atoms with Crippen molar-refractivity contribution in [3.05, 3.63) is 101 Å². The zero-order chi connectivity index (χ0) is 25.0. The van der Waals surface area contributed by atoms with E-state index in [2.05, 4.69) is 35.7 Å². The minimum atomic E-state index is -0.998. The van der Waals surface area contributed by atoms with Gasteiger partial charge in [0.05, 0.1) is 6.61 Å². The van der Waals surface area contributed by atoms with Crippen LogP contribution in [0.4, 0.5) is 5.69 Å². The molecule has 0 amide bonds. The van der Waals surface area contributed by atoms with Crippen molar-refractivity contribution in [3.63, 3.8) is 0 Å². The van der Waals surface area contributed by atoms with Gasteiger partial charge in [-0.15, -0.1) is 0 Å². The number of carbonyl (C=O) groups is 1. The first-order valence-electron chi connectivity index (χ1n) is 12.8. The molecule has 1 spiro atoms. The molecule has 4 nitrogen and oxygen atoms in total. The number of allylic oxidation sites excluding steroid dienone is 1. The molecular formula is C31H32ClNO3. The third-order valence-corrected chi connectivity index (χ3v) is 8.08. The van der Waals surface area contributed by atoms with Gasteiger partial charge in [-0.1, -0.05) is 71.8 Å². The van der Waals surface area contributed by atoms with Crippen LogP contribution in [-0.4, -0.2) is 23.2 Å². The molecule has 2 N–H and O–H groups in total. The minimum absolute atomic E-state index is 0.0914. The first-order valence-corrected chi connectivity index (χ1v) is 13.1. The summed E-state index contributed by atoms with van der Waals surface area (Å²) in [7, 11) is 0. The summed E-state index contributed by atoms with van der Waals surface area (Å²) in [6, 6.07) is 25.9. The van der Waals surface area contributed by atoms with E-state index in [1.54, 1.807) is 12.1 Å². The van der Waals surface area contributed by atoms with Gasteiger partial charge in [-0.2, -0.15) is 0 Å². The summed E-state index contributed by atoms with van der Waals surface area (Å²) in [6.45, 7) is 0.697. The van der Waals surface area contributed by atoms with Crippen LogP contribution in [0.1, 0.15) is 56.1 Å². The Labute approximate surface area is 218 Å². The van der Waals surface area contributed by atoms with Gasteiger partial charge in [-0.3, -0.25) is 0 Å². The summed E-state index contributed by atoms with van der Waals surface area (Å²) in [5, 5.41) is 14.2. The van der Waals surface area contributed by atoms with Crippen LogP contribution in [0.2, 0.25) is 5.02 Å². The number of hydrogen-bond donors (Lipinski definition) is 2. The van der Waals surface area contributed by atoms with Crippen molar-refractivity contribution in [3.8, 4) is 5.75 Å². The summed E-state index contributed by atoms with van der Waals surface area (Å²) in [5.74, 6) is 0.109. The third kappa shape index (κ3) is 4.87. The largest absolute Gasteiger partial charge is 0.494 e. The van der Waals surface area contributed by atoms with Gasteiger partial charge in [0.25, 0.3) is 0 Å². The molecule has 1 fully saturated rings. The summed E-state index contributed by atoms with van der Waals surface area (Å²) in [5.41, 5.74) is 3.72. The molecule has 0 heterocycles. The fourth-order valence-electron chi connectivity index (χ4n) is 5.92. The first kappa shape index (κ1) is 24.5. The maximum absolute atomic E-state index is 12.5. The molecule has 0 aliphatic heterocycles. The second-order valence-electron chi connectivity index (χ2n) is 9.98. The van der Waals surface area contributed by atoms with Gasteiger partial charge in [0.15, 0.2) is 0 Å². The molecule has 0 unspecified atom stereocenters. The van der Waals surface area contributed by atoms with Gasteiger partial charge in [-0.25, -0.2) is 4.79 Å². The smallest absolute Gasteiger partial charge is 0.329 e. The zero-order valence-electron chi connectivity index (χ0n) is 20.4. The predicted molar refractivity (Wildman–Crippen MR) is 146 cm³/mol. The summed E-state index contributed by atoms with van der Waals surface area (Å²) in [4.78, 5) is 12.5. The van der Waals surface area contributed by atoms with Gasteiger partial charge in [0.2, 0.25) is 0 Å². The lowest BCUT2D eigenvalue weighted by Crippen LogP contribution is -2.52. The number of carboxylic acid groups (broad SMARTS) is 1. The number of halogens is 1. The number of rotatable bonds is 9. The Morgan fingerprint density at radius 1 is 0.917 bits per heavy atom. The van der Waals surface area contributed by atoms with Crippen LogP contribution in [0.15, 0.2) is 84.4 Å². The molecule has 2 aliphatic carbocycles. The molecule has 0 radical (unpaired) electrons. The number of unbranched alkanes of at least 4 members (excludes halogenated alkanes) is 1. The van der Waals surface area contributed by atoms with Crippen molar-refractivity contribution in [1.82, 2.24) is 0 Å². The van der Waals surface area contributed by atoms with Crippen molar-refractivity contribution < 1.29 is 14.6 Å². The van der Waals surface area contributed by atoms with Crippen molar-refractivity contribution in [2.75, 3.05) is 11.9 Å². The second kappa shape index (κ2) is 10.4. The number of nitrogens with one attached hydrogen (secondary N) is 1. The normalized spacial score (nSPS) is 22.6. The molecule has 2 aliphatic rings. The van der Waals surface area contributed by atoms with Crippen LogP contribution in [0, 0.1) is 0 Å². The minimum Gasteiger partial charge on any atom is -0.494 e. The molecule has 5 heteroatoms. The van der Waals surface area contributed by atoms with Gasteiger partial charge >= 0.3 is 5.97 Å². The van der Waals surface area contributed by atoms with E-state index in [0.29, 0.717) is 24.5 Å². The highest BCUT2D eigenvalue weighted by molar-refractivity contribution is 6.30. The van der Waals surface area contributed by atoms with Crippen molar-refractivity contribution in [2.24, 2.45) is 0 Å². The van der Waals surface area contributed by atoms with E-state index in [1.807, 2.05) is 42.5 Å². The fraction of sp³-hybridized carbons (Fsp3) is 0.323. The number of ether oxygens (including phenoxy) is 1. The molecule has 0 aromatic heterocycles. The fourth-order valence-corrected chi connectivity index (χ4v) is 6.11. The average Bonchev–Trinajstić information content (AvgIpc) is 3.19. The van der Waals surface area contributed by atoms with Gasteiger partial charge in [-0.05, 0) is 86.4 Å². The van der Waals surface area contributed by atoms with Crippen LogP contribution < -0.4 is 10.1 Å². The Morgan fingerprint density at radius 3 is 2.42 bits per heavy atom. The van der Waals surface area contributed by atoms with E-state index in [4.69, 9.17) is 16.3 Å². The lowest BCUT2D eigenvalue weighted by atomic mass is 9.61. The summed E-state index contributed by atoms with van der Waals surface area (Å²) in [6.07, 6.45) is 8.08. The monoisotopic (exact) mass is 501 g/mol. The topological polar surface area (TPSA) is 58.6 Å². The van der Waals surface area contributed by atoms with E-state index in [0.717, 1.165) is 43.5 Å². The van der Waals surface area contributed by atoms with Crippen molar-refractivity contribution in [1.29, 1.82) is 0 Å². The average molecular weight is 502 g/mol. The Balaban J connectivity index is 1.29. The Morgan fingerprint density at radius 2 is 1.67 bits per heavy atom. The number of anilines is 1. The highest BCUT2D eigenvalue weighted by Crippen LogP contribution is 2.54. The van der Waals surface area contributed by atoms with E-state index < -0.39 is 11.5 Å². The Kier molecular flexibility index (Phi) is 7.06. The van der Waals surface area contributed by atoms with E-state index in [9.17, 15) is 9.90 Å². The number of carboxylic acids is 1. The van der Waals surface area contributed by atoms with Crippen LogP contribution in [0.25, 0.3) is 6.08 Å². The van der Waals surface area contributed by atoms with Gasteiger partial charge < -0.3 is 15.2 Å². The van der Waals surface area contributed by atoms with Crippen LogP contribution in [-0.2, 0) is 10.2 Å². The molecular weight excluding hydrogens is 470 g/mol. The van der Waals surface area contributed by atoms with Crippen molar-refractivity contribution >= 4 is 29.3 Å². The zero-order valence-corrected chi connectivity index (χ0v) is 21.1. The maximum Gasteiger partial charge on any atom is 0.329 e. The lowest BCUT2D eigenvalue weighted by molar-refractivity contribution is -0.143. The Hall–Kier alpha value is -3.24. The predicted octanol–water partition coefficient (Wildman–Crippen LogP) is 7.73. The SMILES string of the molecule is O=C(O)C1(Nc2cccc(Cl)c2)CCC2(CC1)C(CCCCOc1ccccc1)=Cc1ccccc12. The van der Waals surface area contributed by atoms with Crippen LogP contribution in [0.5, 0.6) is 5.75 Å². The molecule has 3 aromatic carbocycles. The van der Waals surface area contributed by atoms with Crippen molar-refractivity contribution in [2.45, 2.75) is 55.9 Å². The maximum atomic E-state index is 12.5. The molecule has 1 saturated carbocycles. The molecule has 5 rings (SSSR count). The summed E-state index contributed by atoms with van der Waals surface area (Å²) < 4.78 is 5.89. The van der Waals surface area contributed by atoms with Gasteiger partial charge in [0, 0.05) is 16.1 Å². The summed E-state index contributed by atoms with van der Waals surface area (Å²) >= 11 is 6.16. The first-order chi connectivity index (χ1) is 17.5. The molecule has 186 valence electrons. The van der Waals surface area contributed by atoms with Crippen LogP contribution in [0.3, 0.4) is 0 Å². The number of fused-ring (bicyclic) bond motifs is 2. The lowest BCUT2D eigenvalue weighted by Gasteiger charge is -2.45. The highest BCUT2D eigenvalue weighted by atomic mass is 35.5. The molecule has 0 atom stereocenters. The van der Waals surface area contributed by atoms with E-state index in [1.165, 1.54) is 16.7 Å². The quantitative estimate of drug-likeness (QED) is 0.294. The van der Waals surface area contributed by atoms with E-state index in [-0.39, 0.29) is 5.41 Å². The number of aliphatic carboxylic acids is 1. The molecule has 0 bridgehead atoms. The van der Waals surface area contributed by atoms with Gasteiger partial charge in [0.1, 0.15) is 11.3 Å². The number of hydrogen-bond acceptors (Lipinski definition) is 3. The highest BCUT2D eigenvalue weighted by Gasteiger charge is 2.51. The standard InChI is InChI=1S/C31H32ClNO3/c32-25-11-8-12-26(22-25)33-31(29(34)35)18-16-30(17-19-31)24(21-23-9-4-5-15-28(23)30)10-6-7-20-36-27-13-2-1-3-14-27/h1-5,8-9,11-15,21-22,33H,6-7,10,16-20H2,(H,34,35). The molecule has 3 aromatic rings. The van der Waals surface area contributed by atoms with Crippen LogP contribution >= 0.6 is 11.6 Å². The number of para-hydroxylation sites is 1. The Bertz CT molecular complexity index is 1250. The second-order valence-corrected chi connectivity index (χ2v) is 10.4. The molecule has 36 heavy (non-hydrogen) atoms. The number of benzene rings is 3. The van der Waals surface area contributed by atoms with E-state index >= 15 is 0 Å².